The second-order valence-electron chi connectivity index (χ2n) is 8.07. The fourth-order valence-electron chi connectivity index (χ4n) is 3.50. The molecule has 180 valence electrons. The van der Waals surface area contributed by atoms with Crippen LogP contribution in [0, 0.1) is 0 Å². The van der Waals surface area contributed by atoms with Crippen molar-refractivity contribution in [2.75, 3.05) is 12.4 Å². The van der Waals surface area contributed by atoms with E-state index in [0.717, 1.165) is 17.5 Å². The van der Waals surface area contributed by atoms with Gasteiger partial charge in [0.2, 0.25) is 15.9 Å². The summed E-state index contributed by atoms with van der Waals surface area (Å²) in [5.41, 5.74) is 3.42. The highest BCUT2D eigenvalue weighted by Crippen LogP contribution is 2.19. The molecule has 4 rings (SSSR count). The summed E-state index contributed by atoms with van der Waals surface area (Å²) in [4.78, 5) is 12.7. The Kier molecular flexibility index (Phi) is 7.38. The van der Waals surface area contributed by atoms with Crippen LogP contribution in [0.5, 0.6) is 0 Å². The van der Waals surface area contributed by atoms with Crippen molar-refractivity contribution >= 4 is 21.9 Å². The zero-order chi connectivity index (χ0) is 24.8. The molecule has 0 radical (unpaired) electrons. The summed E-state index contributed by atoms with van der Waals surface area (Å²) in [6.45, 7) is 2.34. The Morgan fingerprint density at radius 2 is 1.54 bits per heavy atom. The van der Waals surface area contributed by atoms with Gasteiger partial charge >= 0.3 is 6.01 Å². The molecule has 35 heavy (non-hydrogen) atoms. The smallest absolute Gasteiger partial charge is 0.322 e. The highest BCUT2D eigenvalue weighted by Gasteiger charge is 2.21. The van der Waals surface area contributed by atoms with Gasteiger partial charge in [-0.15, -0.1) is 5.10 Å². The number of sulfonamides is 1. The Morgan fingerprint density at radius 3 is 2.20 bits per heavy atom. The van der Waals surface area contributed by atoms with Gasteiger partial charge in [0.25, 0.3) is 5.91 Å². The summed E-state index contributed by atoms with van der Waals surface area (Å²) in [7, 11) is -2.19. The van der Waals surface area contributed by atoms with Crippen molar-refractivity contribution in [3.05, 3.63) is 107 Å². The van der Waals surface area contributed by atoms with Crippen LogP contribution in [-0.4, -0.2) is 35.9 Å². The molecule has 0 unspecified atom stereocenters. The maximum absolute atomic E-state index is 12.9. The predicted octanol–water partition coefficient (Wildman–Crippen LogP) is 4.30. The maximum Gasteiger partial charge on any atom is 0.322 e. The molecule has 0 aliphatic rings. The Bertz CT molecular complexity index is 1380. The first-order valence-corrected chi connectivity index (χ1v) is 12.6. The molecule has 0 saturated heterocycles. The summed E-state index contributed by atoms with van der Waals surface area (Å²) in [6, 6.07) is 23.1. The molecule has 4 aromatic rings. The number of hydrogen-bond donors (Lipinski definition) is 1. The van der Waals surface area contributed by atoms with E-state index in [2.05, 4.69) is 34.6 Å². The van der Waals surface area contributed by atoms with Crippen LogP contribution >= 0.6 is 0 Å². The van der Waals surface area contributed by atoms with E-state index < -0.39 is 15.9 Å². The molecule has 0 aliphatic heterocycles. The third-order valence-corrected chi connectivity index (χ3v) is 7.36. The molecule has 3 aromatic carbocycles. The van der Waals surface area contributed by atoms with Gasteiger partial charge in [0, 0.05) is 19.2 Å². The number of aryl methyl sites for hydroxylation is 1. The molecule has 0 fully saturated rings. The SMILES string of the molecule is CCc1ccc(Cc2nnc(NC(=O)c3ccc(S(=O)(=O)N(C)Cc4ccccc4)cc3)o2)cc1. The lowest BCUT2D eigenvalue weighted by Crippen LogP contribution is -2.26. The summed E-state index contributed by atoms with van der Waals surface area (Å²) >= 11 is 0. The van der Waals surface area contributed by atoms with Crippen LogP contribution in [0.2, 0.25) is 0 Å². The molecule has 1 amide bonds. The third-order valence-electron chi connectivity index (χ3n) is 5.55. The molecular formula is C26H26N4O4S. The first-order valence-electron chi connectivity index (χ1n) is 11.2. The van der Waals surface area contributed by atoms with E-state index in [4.69, 9.17) is 4.42 Å². The number of carbonyl (C=O) groups excluding carboxylic acids is 1. The van der Waals surface area contributed by atoms with Crippen molar-refractivity contribution in [1.82, 2.24) is 14.5 Å². The molecule has 1 N–H and O–H groups in total. The number of benzene rings is 3. The summed E-state index contributed by atoms with van der Waals surface area (Å²) < 4.78 is 32.6. The van der Waals surface area contributed by atoms with Crippen LogP contribution in [0.25, 0.3) is 0 Å². The topological polar surface area (TPSA) is 105 Å². The lowest BCUT2D eigenvalue weighted by atomic mass is 10.1. The lowest BCUT2D eigenvalue weighted by Gasteiger charge is -2.17. The van der Waals surface area contributed by atoms with Gasteiger partial charge in [0.1, 0.15) is 0 Å². The molecule has 1 heterocycles. The molecule has 8 nitrogen and oxygen atoms in total. The number of amides is 1. The molecule has 0 aliphatic carbocycles. The number of anilines is 1. The van der Waals surface area contributed by atoms with Crippen molar-refractivity contribution in [1.29, 1.82) is 0 Å². The van der Waals surface area contributed by atoms with Crippen molar-refractivity contribution in [2.24, 2.45) is 0 Å². The van der Waals surface area contributed by atoms with E-state index in [0.29, 0.717) is 12.3 Å². The molecule has 0 saturated carbocycles. The van der Waals surface area contributed by atoms with Gasteiger partial charge in [-0.2, -0.15) is 4.31 Å². The number of aromatic nitrogens is 2. The maximum atomic E-state index is 12.9. The number of carbonyl (C=O) groups is 1. The van der Waals surface area contributed by atoms with E-state index in [1.807, 2.05) is 42.5 Å². The molecule has 9 heteroatoms. The standard InChI is InChI=1S/C26H26N4O4S/c1-3-19-9-11-20(12-10-19)17-24-28-29-26(34-24)27-25(31)22-13-15-23(16-14-22)35(32,33)30(2)18-21-7-5-4-6-8-21/h4-16H,3,17-18H2,1-2H3,(H,27,29,31). The Balaban J connectivity index is 1.38. The molecule has 1 aromatic heterocycles. The third kappa shape index (κ3) is 6.00. The normalized spacial score (nSPS) is 11.5. The van der Waals surface area contributed by atoms with Gasteiger partial charge in [-0.25, -0.2) is 8.42 Å². The van der Waals surface area contributed by atoms with E-state index in [-0.39, 0.29) is 23.0 Å². The minimum absolute atomic E-state index is 0.0190. The Hall–Kier alpha value is -3.82. The van der Waals surface area contributed by atoms with E-state index in [1.165, 1.54) is 41.2 Å². The minimum Gasteiger partial charge on any atom is -0.407 e. The Morgan fingerprint density at radius 1 is 0.886 bits per heavy atom. The van der Waals surface area contributed by atoms with Crippen LogP contribution in [0.1, 0.15) is 39.9 Å². The largest absolute Gasteiger partial charge is 0.407 e. The predicted molar refractivity (Wildman–Crippen MR) is 132 cm³/mol. The molecular weight excluding hydrogens is 464 g/mol. The number of hydrogen-bond acceptors (Lipinski definition) is 6. The van der Waals surface area contributed by atoms with Crippen LogP contribution in [0.15, 0.2) is 88.2 Å². The first kappa shape index (κ1) is 24.3. The van der Waals surface area contributed by atoms with Crippen LogP contribution < -0.4 is 5.32 Å². The summed E-state index contributed by atoms with van der Waals surface area (Å²) in [5.74, 6) is -0.0958. The number of nitrogens with zero attached hydrogens (tertiary/aromatic N) is 3. The van der Waals surface area contributed by atoms with Crippen molar-refractivity contribution < 1.29 is 17.6 Å². The van der Waals surface area contributed by atoms with E-state index in [1.54, 1.807) is 0 Å². The van der Waals surface area contributed by atoms with Crippen LogP contribution in [0.3, 0.4) is 0 Å². The van der Waals surface area contributed by atoms with Crippen LogP contribution in [0.4, 0.5) is 6.01 Å². The monoisotopic (exact) mass is 490 g/mol. The van der Waals surface area contributed by atoms with Gasteiger partial charge < -0.3 is 4.42 Å². The fraction of sp³-hybridized carbons (Fsp3) is 0.192. The van der Waals surface area contributed by atoms with Gasteiger partial charge in [-0.3, -0.25) is 10.1 Å². The van der Waals surface area contributed by atoms with Crippen LogP contribution in [-0.2, 0) is 29.4 Å². The Labute approximate surface area is 204 Å². The van der Waals surface area contributed by atoms with E-state index >= 15 is 0 Å². The summed E-state index contributed by atoms with van der Waals surface area (Å²) in [6.07, 6.45) is 1.42. The average Bonchev–Trinajstić information content (AvgIpc) is 3.31. The zero-order valence-corrected chi connectivity index (χ0v) is 20.3. The molecule has 0 spiro atoms. The lowest BCUT2D eigenvalue weighted by molar-refractivity contribution is 0.102. The van der Waals surface area contributed by atoms with Crippen molar-refractivity contribution in [3.63, 3.8) is 0 Å². The van der Waals surface area contributed by atoms with Gasteiger partial charge in [-0.05, 0) is 47.4 Å². The second kappa shape index (κ2) is 10.6. The minimum atomic E-state index is -3.71. The van der Waals surface area contributed by atoms with Gasteiger partial charge in [0.05, 0.1) is 11.3 Å². The first-order chi connectivity index (χ1) is 16.8. The van der Waals surface area contributed by atoms with Gasteiger partial charge in [0.15, 0.2) is 0 Å². The number of rotatable bonds is 9. The second-order valence-corrected chi connectivity index (χ2v) is 10.1. The average molecular weight is 491 g/mol. The number of nitrogens with one attached hydrogen (secondary N) is 1. The fourth-order valence-corrected chi connectivity index (χ4v) is 4.65. The molecule has 0 bridgehead atoms. The van der Waals surface area contributed by atoms with E-state index in [9.17, 15) is 13.2 Å². The van der Waals surface area contributed by atoms with Gasteiger partial charge in [-0.1, -0.05) is 66.6 Å². The highest BCUT2D eigenvalue weighted by atomic mass is 32.2. The highest BCUT2D eigenvalue weighted by molar-refractivity contribution is 7.89. The zero-order valence-electron chi connectivity index (χ0n) is 19.5. The summed E-state index contributed by atoms with van der Waals surface area (Å²) in [5, 5.41) is 10.4. The molecule has 0 atom stereocenters. The quantitative estimate of drug-likeness (QED) is 0.375. The van der Waals surface area contributed by atoms with Crippen molar-refractivity contribution in [2.45, 2.75) is 31.2 Å². The van der Waals surface area contributed by atoms with Crippen molar-refractivity contribution in [3.8, 4) is 0 Å².